The van der Waals surface area contributed by atoms with Gasteiger partial charge >= 0.3 is 5.97 Å². The van der Waals surface area contributed by atoms with Crippen LogP contribution >= 0.6 is 0 Å². The van der Waals surface area contributed by atoms with Gasteiger partial charge in [0.15, 0.2) is 0 Å². The molecule has 2 bridgehead atoms. The molecule has 2 amide bonds. The van der Waals surface area contributed by atoms with E-state index in [0.717, 1.165) is 6.42 Å². The van der Waals surface area contributed by atoms with Crippen molar-refractivity contribution in [1.82, 2.24) is 0 Å². The highest BCUT2D eigenvalue weighted by Crippen LogP contribution is 2.60. The van der Waals surface area contributed by atoms with E-state index in [0.29, 0.717) is 17.7 Å². The highest BCUT2D eigenvalue weighted by molar-refractivity contribution is 6.20. The lowest BCUT2D eigenvalue weighted by Crippen LogP contribution is -2.59. The maximum atomic E-state index is 13.1. The minimum absolute atomic E-state index is 0.169. The second kappa shape index (κ2) is 4.91. The molecule has 0 aromatic heterocycles. The van der Waals surface area contributed by atoms with Crippen LogP contribution in [-0.2, 0) is 14.3 Å². The number of amides is 2. The van der Waals surface area contributed by atoms with Gasteiger partial charge in [-0.15, -0.1) is 0 Å². The van der Waals surface area contributed by atoms with Gasteiger partial charge in [-0.05, 0) is 36.5 Å². The van der Waals surface area contributed by atoms with Crippen molar-refractivity contribution < 1.29 is 19.1 Å². The Labute approximate surface area is 135 Å². The fraction of sp³-hybridized carbons (Fsp3) is 0.500. The second-order valence-corrected chi connectivity index (χ2v) is 7.17. The summed E-state index contributed by atoms with van der Waals surface area (Å²) in [5, 5.41) is 0. The Hall–Kier alpha value is -2.17. The molecule has 0 N–H and O–H groups in total. The fourth-order valence-electron chi connectivity index (χ4n) is 3.95. The Bertz CT molecular complexity index is 709. The molecule has 2 fully saturated rings. The molecule has 1 aliphatic carbocycles. The van der Waals surface area contributed by atoms with Crippen LogP contribution in [0.5, 0.6) is 0 Å². The summed E-state index contributed by atoms with van der Waals surface area (Å²) in [6.45, 7) is 5.95. The summed E-state index contributed by atoms with van der Waals surface area (Å²) < 4.78 is 4.71. The first kappa shape index (κ1) is 15.7. The van der Waals surface area contributed by atoms with Crippen molar-refractivity contribution in [2.45, 2.75) is 33.6 Å². The number of carbonyl (C=O) groups excluding carboxylic acids is 3. The molecular weight excluding hydrogens is 294 g/mol. The van der Waals surface area contributed by atoms with Gasteiger partial charge in [-0.1, -0.05) is 26.8 Å². The molecule has 2 aliphatic rings. The quantitative estimate of drug-likeness (QED) is 0.622. The molecule has 0 unspecified atom stereocenters. The number of benzene rings is 1. The summed E-state index contributed by atoms with van der Waals surface area (Å²) in [6.07, 6.45) is 1.43. The van der Waals surface area contributed by atoms with E-state index < -0.39 is 11.4 Å². The standard InChI is InChI=1S/C18H21NO4/c1-17(2)13-8-9-18(17,3)16(22)19(14(13)20)12-7-5-6-11(10-12)15(21)23-4/h5-7,10,13H,8-9H2,1-4H3/t13-,18+/m1/s1. The lowest BCUT2D eigenvalue weighted by molar-refractivity contribution is -0.146. The van der Waals surface area contributed by atoms with Gasteiger partial charge in [-0.3, -0.25) is 9.59 Å². The minimum atomic E-state index is -0.563. The first-order chi connectivity index (χ1) is 10.7. The van der Waals surface area contributed by atoms with Gasteiger partial charge in [0, 0.05) is 5.92 Å². The summed E-state index contributed by atoms with van der Waals surface area (Å²) in [4.78, 5) is 38.9. The normalized spacial score (nSPS) is 28.9. The van der Waals surface area contributed by atoms with E-state index >= 15 is 0 Å². The van der Waals surface area contributed by atoms with Crippen LogP contribution in [0.15, 0.2) is 24.3 Å². The maximum absolute atomic E-state index is 13.1. The molecule has 2 atom stereocenters. The zero-order chi connectivity index (χ0) is 17.0. The number of imide groups is 1. The van der Waals surface area contributed by atoms with Crippen molar-refractivity contribution in [1.29, 1.82) is 0 Å². The molecule has 0 radical (unpaired) electrons. The van der Waals surface area contributed by atoms with E-state index in [9.17, 15) is 14.4 Å². The van der Waals surface area contributed by atoms with E-state index in [1.165, 1.54) is 12.0 Å². The van der Waals surface area contributed by atoms with E-state index in [2.05, 4.69) is 0 Å². The van der Waals surface area contributed by atoms with Crippen molar-refractivity contribution in [3.05, 3.63) is 29.8 Å². The van der Waals surface area contributed by atoms with E-state index in [1.54, 1.807) is 24.3 Å². The molecule has 1 aliphatic heterocycles. The summed E-state index contributed by atoms with van der Waals surface area (Å²) in [6, 6.07) is 6.49. The molecule has 3 rings (SSSR count). The molecule has 1 aromatic rings. The number of nitrogens with zero attached hydrogens (tertiary/aromatic N) is 1. The van der Waals surface area contributed by atoms with Crippen molar-refractivity contribution in [2.75, 3.05) is 12.0 Å². The number of piperidine rings is 1. The Morgan fingerprint density at radius 2 is 1.96 bits per heavy atom. The largest absolute Gasteiger partial charge is 0.465 e. The lowest BCUT2D eigenvalue weighted by Gasteiger charge is -2.47. The number of carbonyl (C=O) groups is 3. The van der Waals surface area contributed by atoms with E-state index in [1.807, 2.05) is 20.8 Å². The second-order valence-electron chi connectivity index (χ2n) is 7.17. The molecular formula is C18H21NO4. The van der Waals surface area contributed by atoms with Crippen molar-refractivity contribution in [3.8, 4) is 0 Å². The average Bonchev–Trinajstić information content (AvgIpc) is 2.71. The van der Waals surface area contributed by atoms with Crippen LogP contribution in [0.3, 0.4) is 0 Å². The molecule has 1 saturated carbocycles. The number of methoxy groups -OCH3 is 1. The number of hydrogen-bond donors (Lipinski definition) is 0. The molecule has 5 heteroatoms. The van der Waals surface area contributed by atoms with Crippen LogP contribution in [0.1, 0.15) is 44.0 Å². The van der Waals surface area contributed by atoms with Gasteiger partial charge in [0.25, 0.3) is 0 Å². The van der Waals surface area contributed by atoms with Gasteiger partial charge < -0.3 is 4.74 Å². The van der Waals surface area contributed by atoms with Crippen LogP contribution in [0.4, 0.5) is 5.69 Å². The van der Waals surface area contributed by atoms with Gasteiger partial charge in [0.1, 0.15) is 0 Å². The van der Waals surface area contributed by atoms with Gasteiger partial charge in [-0.25, -0.2) is 9.69 Å². The monoisotopic (exact) mass is 315 g/mol. The third kappa shape index (κ3) is 1.95. The van der Waals surface area contributed by atoms with Crippen LogP contribution in [0.25, 0.3) is 0 Å². The molecule has 5 nitrogen and oxygen atoms in total. The number of fused-ring (bicyclic) bond motifs is 2. The topological polar surface area (TPSA) is 63.7 Å². The zero-order valence-corrected chi connectivity index (χ0v) is 13.9. The Morgan fingerprint density at radius 3 is 2.61 bits per heavy atom. The van der Waals surface area contributed by atoms with Crippen LogP contribution in [-0.4, -0.2) is 24.9 Å². The Balaban J connectivity index is 2.07. The molecule has 23 heavy (non-hydrogen) atoms. The predicted molar refractivity (Wildman–Crippen MR) is 84.9 cm³/mol. The maximum Gasteiger partial charge on any atom is 0.337 e. The lowest BCUT2D eigenvalue weighted by atomic mass is 9.62. The Morgan fingerprint density at radius 1 is 1.26 bits per heavy atom. The third-order valence-corrected chi connectivity index (χ3v) is 5.95. The van der Waals surface area contributed by atoms with Gasteiger partial charge in [0.2, 0.25) is 11.8 Å². The molecule has 1 aromatic carbocycles. The van der Waals surface area contributed by atoms with Crippen LogP contribution in [0, 0.1) is 16.7 Å². The smallest absolute Gasteiger partial charge is 0.337 e. The first-order valence-electron chi connectivity index (χ1n) is 7.81. The van der Waals surface area contributed by atoms with Crippen molar-refractivity contribution in [3.63, 3.8) is 0 Å². The number of rotatable bonds is 2. The summed E-state index contributed by atoms with van der Waals surface area (Å²) in [7, 11) is 1.30. The number of hydrogen-bond acceptors (Lipinski definition) is 4. The van der Waals surface area contributed by atoms with E-state index in [-0.39, 0.29) is 23.1 Å². The Kier molecular flexibility index (Phi) is 3.36. The predicted octanol–water partition coefficient (Wildman–Crippen LogP) is 2.79. The number of esters is 1. The summed E-state index contributed by atoms with van der Waals surface area (Å²) in [5.41, 5.74) is -0.144. The molecule has 1 saturated heterocycles. The molecule has 0 spiro atoms. The van der Waals surface area contributed by atoms with Crippen molar-refractivity contribution in [2.24, 2.45) is 16.7 Å². The van der Waals surface area contributed by atoms with Crippen molar-refractivity contribution >= 4 is 23.5 Å². The number of anilines is 1. The van der Waals surface area contributed by atoms with Crippen LogP contribution < -0.4 is 4.90 Å². The summed E-state index contributed by atoms with van der Waals surface area (Å²) >= 11 is 0. The third-order valence-electron chi connectivity index (χ3n) is 5.95. The number of ether oxygens (including phenoxy) is 1. The van der Waals surface area contributed by atoms with Gasteiger partial charge in [0.05, 0.1) is 23.8 Å². The average molecular weight is 315 g/mol. The molecule has 1 heterocycles. The SMILES string of the molecule is COC(=O)c1cccc(N2C(=O)[C@H]3CC[C@@](C)(C2=O)C3(C)C)c1. The highest BCUT2D eigenvalue weighted by atomic mass is 16.5. The minimum Gasteiger partial charge on any atom is -0.465 e. The van der Waals surface area contributed by atoms with Gasteiger partial charge in [-0.2, -0.15) is 0 Å². The zero-order valence-electron chi connectivity index (χ0n) is 13.9. The summed E-state index contributed by atoms with van der Waals surface area (Å²) in [5.74, 6) is -1.01. The van der Waals surface area contributed by atoms with E-state index in [4.69, 9.17) is 4.74 Å². The molecule has 122 valence electrons. The first-order valence-corrected chi connectivity index (χ1v) is 7.81. The van der Waals surface area contributed by atoms with Crippen LogP contribution in [0.2, 0.25) is 0 Å². The fourth-order valence-corrected chi connectivity index (χ4v) is 3.95. The highest BCUT2D eigenvalue weighted by Gasteiger charge is 2.64.